The van der Waals surface area contributed by atoms with Crippen molar-refractivity contribution in [2.24, 2.45) is 0 Å². The van der Waals surface area contributed by atoms with Gasteiger partial charge < -0.3 is 14.2 Å². The van der Waals surface area contributed by atoms with Crippen LogP contribution in [0.3, 0.4) is 0 Å². The van der Waals surface area contributed by atoms with Crippen molar-refractivity contribution in [3.63, 3.8) is 0 Å². The lowest BCUT2D eigenvalue weighted by Gasteiger charge is -2.26. The minimum Gasteiger partial charge on any atom is -0.496 e. The highest BCUT2D eigenvalue weighted by atomic mass is 32.2. The fourth-order valence-corrected chi connectivity index (χ4v) is 6.37. The third-order valence-electron chi connectivity index (χ3n) is 5.81. The Morgan fingerprint density at radius 3 is 2.16 bits per heavy atom. The maximum atomic E-state index is 13.0. The summed E-state index contributed by atoms with van der Waals surface area (Å²) in [6.07, 6.45) is 0. The Labute approximate surface area is 216 Å². The van der Waals surface area contributed by atoms with Gasteiger partial charge in [0.2, 0.25) is 10.0 Å². The molecule has 0 amide bonds. The number of sulfonamides is 2. The number of carbonyl (C=O) groups excluding carboxylic acids is 1. The minimum absolute atomic E-state index is 0.0646. The number of benzene rings is 3. The molecule has 1 aliphatic rings. The number of methoxy groups -OCH3 is 1. The third kappa shape index (κ3) is 5.62. The normalized spacial score (nSPS) is 14.6. The van der Waals surface area contributed by atoms with Gasteiger partial charge in [-0.05, 0) is 54.6 Å². The number of rotatable bonds is 8. The van der Waals surface area contributed by atoms with Crippen LogP contribution in [0.1, 0.15) is 10.4 Å². The van der Waals surface area contributed by atoms with Crippen LogP contribution >= 0.6 is 0 Å². The summed E-state index contributed by atoms with van der Waals surface area (Å²) in [5.74, 6) is -0.534. The van der Waals surface area contributed by atoms with E-state index >= 15 is 0 Å². The van der Waals surface area contributed by atoms with E-state index in [1.165, 1.54) is 73.1 Å². The van der Waals surface area contributed by atoms with Crippen molar-refractivity contribution in [2.75, 3.05) is 44.8 Å². The summed E-state index contributed by atoms with van der Waals surface area (Å²) in [5, 5.41) is 0. The molecule has 0 unspecified atom stereocenters. The molecular formula is C25H26N2O8S2. The van der Waals surface area contributed by atoms with E-state index in [1.54, 1.807) is 18.2 Å². The Bertz CT molecular complexity index is 1470. The molecule has 10 nitrogen and oxygen atoms in total. The van der Waals surface area contributed by atoms with Gasteiger partial charge in [0.05, 0.1) is 35.8 Å². The number of anilines is 1. The second kappa shape index (κ2) is 10.9. The largest absolute Gasteiger partial charge is 0.496 e. The van der Waals surface area contributed by atoms with Gasteiger partial charge in [-0.1, -0.05) is 18.2 Å². The first-order chi connectivity index (χ1) is 17.6. The zero-order valence-corrected chi connectivity index (χ0v) is 21.9. The first kappa shape index (κ1) is 26.6. The molecule has 3 aromatic carbocycles. The minimum atomic E-state index is -3.84. The molecule has 1 saturated heterocycles. The topological polar surface area (TPSA) is 120 Å². The first-order valence-corrected chi connectivity index (χ1v) is 14.1. The van der Waals surface area contributed by atoms with Crippen molar-refractivity contribution in [1.29, 1.82) is 0 Å². The molecule has 4 rings (SSSR count). The number of esters is 1. The van der Waals surface area contributed by atoms with Gasteiger partial charge in [-0.2, -0.15) is 4.31 Å². The Balaban J connectivity index is 1.54. The van der Waals surface area contributed by atoms with Crippen LogP contribution in [0, 0.1) is 0 Å². The molecule has 196 valence electrons. The molecule has 0 aromatic heterocycles. The van der Waals surface area contributed by atoms with Crippen molar-refractivity contribution >= 4 is 31.7 Å². The van der Waals surface area contributed by atoms with Gasteiger partial charge in [-0.15, -0.1) is 0 Å². The van der Waals surface area contributed by atoms with E-state index in [0.29, 0.717) is 18.9 Å². The maximum Gasteiger partial charge on any atom is 0.347 e. The smallest absolute Gasteiger partial charge is 0.347 e. The lowest BCUT2D eigenvalue weighted by atomic mass is 10.2. The molecule has 1 aliphatic heterocycles. The highest BCUT2D eigenvalue weighted by Gasteiger charge is 2.28. The molecule has 0 radical (unpaired) electrons. The number of morpholine rings is 1. The van der Waals surface area contributed by atoms with E-state index in [9.17, 15) is 21.6 Å². The summed E-state index contributed by atoms with van der Waals surface area (Å²) in [7, 11) is -4.82. The first-order valence-electron chi connectivity index (χ1n) is 11.3. The van der Waals surface area contributed by atoms with E-state index in [2.05, 4.69) is 0 Å². The SMILES string of the molecule is COc1ccc(S(=O)(=O)N2CCOCC2)cc1C(=O)Oc1ccc(N(C)S(=O)(=O)c2ccccc2)cc1. The van der Waals surface area contributed by atoms with Gasteiger partial charge in [0.25, 0.3) is 10.0 Å². The number of carbonyl (C=O) groups is 1. The monoisotopic (exact) mass is 546 g/mol. The van der Waals surface area contributed by atoms with Gasteiger partial charge in [0, 0.05) is 20.1 Å². The predicted molar refractivity (Wildman–Crippen MR) is 136 cm³/mol. The van der Waals surface area contributed by atoms with Crippen LogP contribution in [-0.2, 0) is 24.8 Å². The van der Waals surface area contributed by atoms with Crippen LogP contribution in [0.4, 0.5) is 5.69 Å². The molecule has 12 heteroatoms. The molecule has 0 spiro atoms. The fourth-order valence-electron chi connectivity index (χ4n) is 3.72. The average molecular weight is 547 g/mol. The molecule has 0 bridgehead atoms. The molecule has 3 aromatic rings. The second-order valence-corrected chi connectivity index (χ2v) is 12.0. The Morgan fingerprint density at radius 1 is 0.892 bits per heavy atom. The van der Waals surface area contributed by atoms with Crippen LogP contribution in [0.2, 0.25) is 0 Å². The van der Waals surface area contributed by atoms with E-state index in [1.807, 2.05) is 0 Å². The van der Waals surface area contributed by atoms with Crippen molar-refractivity contribution in [1.82, 2.24) is 4.31 Å². The van der Waals surface area contributed by atoms with E-state index in [0.717, 1.165) is 4.31 Å². The average Bonchev–Trinajstić information content (AvgIpc) is 2.93. The lowest BCUT2D eigenvalue weighted by molar-refractivity contribution is 0.0725. The fraction of sp³-hybridized carbons (Fsp3) is 0.240. The zero-order valence-electron chi connectivity index (χ0n) is 20.2. The Kier molecular flexibility index (Phi) is 7.83. The molecule has 0 aliphatic carbocycles. The van der Waals surface area contributed by atoms with Gasteiger partial charge in [0.15, 0.2) is 0 Å². The number of hydrogen-bond acceptors (Lipinski definition) is 8. The van der Waals surface area contributed by atoms with Crippen molar-refractivity contribution < 1.29 is 35.8 Å². The Morgan fingerprint density at radius 2 is 1.54 bits per heavy atom. The summed E-state index contributed by atoms with van der Waals surface area (Å²) in [4.78, 5) is 13.1. The third-order valence-corrected chi connectivity index (χ3v) is 9.51. The van der Waals surface area contributed by atoms with E-state index < -0.39 is 26.0 Å². The van der Waals surface area contributed by atoms with E-state index in [-0.39, 0.29) is 39.9 Å². The number of ether oxygens (including phenoxy) is 3. The van der Waals surface area contributed by atoms with Crippen LogP contribution < -0.4 is 13.8 Å². The zero-order chi connectivity index (χ0) is 26.6. The van der Waals surface area contributed by atoms with Gasteiger partial charge in [0.1, 0.15) is 17.1 Å². The second-order valence-electron chi connectivity index (χ2n) is 8.05. The van der Waals surface area contributed by atoms with E-state index in [4.69, 9.17) is 14.2 Å². The molecule has 1 heterocycles. The maximum absolute atomic E-state index is 13.0. The van der Waals surface area contributed by atoms with Gasteiger partial charge in [-0.3, -0.25) is 4.31 Å². The number of nitrogens with zero attached hydrogens (tertiary/aromatic N) is 2. The van der Waals surface area contributed by atoms with Gasteiger partial charge >= 0.3 is 5.97 Å². The highest BCUT2D eigenvalue weighted by Crippen LogP contribution is 2.28. The molecule has 0 saturated carbocycles. The van der Waals surface area contributed by atoms with Gasteiger partial charge in [-0.25, -0.2) is 21.6 Å². The van der Waals surface area contributed by atoms with Crippen molar-refractivity contribution in [2.45, 2.75) is 9.79 Å². The molecule has 0 atom stereocenters. The number of hydrogen-bond donors (Lipinski definition) is 0. The molecule has 0 N–H and O–H groups in total. The Hall–Kier alpha value is -3.45. The summed E-state index contributed by atoms with van der Waals surface area (Å²) < 4.78 is 70.1. The van der Waals surface area contributed by atoms with Crippen molar-refractivity contribution in [3.05, 3.63) is 78.4 Å². The summed E-state index contributed by atoms with van der Waals surface area (Å²) in [5.41, 5.74) is 0.296. The molecule has 1 fully saturated rings. The van der Waals surface area contributed by atoms with Crippen LogP contribution in [0.25, 0.3) is 0 Å². The summed E-state index contributed by atoms with van der Waals surface area (Å²) in [6, 6.07) is 17.9. The quantitative estimate of drug-likeness (QED) is 0.313. The summed E-state index contributed by atoms with van der Waals surface area (Å²) >= 11 is 0. The van der Waals surface area contributed by atoms with Crippen molar-refractivity contribution in [3.8, 4) is 11.5 Å². The molecular weight excluding hydrogens is 520 g/mol. The van der Waals surface area contributed by atoms with Crippen LogP contribution in [0.5, 0.6) is 11.5 Å². The molecule has 37 heavy (non-hydrogen) atoms. The summed E-state index contributed by atoms with van der Waals surface area (Å²) in [6.45, 7) is 1.02. The lowest BCUT2D eigenvalue weighted by Crippen LogP contribution is -2.40. The predicted octanol–water partition coefficient (Wildman–Crippen LogP) is 2.76. The highest BCUT2D eigenvalue weighted by molar-refractivity contribution is 7.92. The van der Waals surface area contributed by atoms with Crippen LogP contribution in [0.15, 0.2) is 82.6 Å². The van der Waals surface area contributed by atoms with Crippen LogP contribution in [-0.4, -0.2) is 67.6 Å². The standard InChI is InChI=1S/C25H26N2O8S2/c1-26(36(29,30)21-6-4-3-5-7-21)19-8-10-20(11-9-19)35-25(28)23-18-22(12-13-24(23)33-2)37(31,32)27-14-16-34-17-15-27/h3-13,18H,14-17H2,1-2H3.